The number of benzene rings is 2. The van der Waals surface area contributed by atoms with E-state index >= 15 is 0 Å². The Balaban J connectivity index is 1.79. The number of nitrogens with zero attached hydrogens (tertiary/aromatic N) is 5. The van der Waals surface area contributed by atoms with Crippen molar-refractivity contribution < 1.29 is 9.47 Å². The molecular weight excluding hydrogens is 368 g/mol. The molecule has 3 heterocycles. The van der Waals surface area contributed by atoms with Gasteiger partial charge in [-0.3, -0.25) is 9.78 Å². The van der Waals surface area contributed by atoms with Crippen LogP contribution >= 0.6 is 0 Å². The highest BCUT2D eigenvalue weighted by atomic mass is 16.5. The summed E-state index contributed by atoms with van der Waals surface area (Å²) in [6.45, 7) is 0. The molecule has 5 rings (SSSR count). The fourth-order valence-corrected chi connectivity index (χ4v) is 3.51. The van der Waals surface area contributed by atoms with Crippen molar-refractivity contribution in [3.05, 3.63) is 48.8 Å². The zero-order valence-corrected chi connectivity index (χ0v) is 16.2. The number of rotatable bonds is 4. The summed E-state index contributed by atoms with van der Waals surface area (Å²) in [6, 6.07) is 11.7. The third-order valence-electron chi connectivity index (χ3n) is 4.97. The zero-order valence-electron chi connectivity index (χ0n) is 16.2. The Bertz CT molecular complexity index is 1350. The predicted octanol–water partition coefficient (Wildman–Crippen LogP) is 3.59. The van der Waals surface area contributed by atoms with Gasteiger partial charge in [0.25, 0.3) is 0 Å². The Labute approximate surface area is 166 Å². The van der Waals surface area contributed by atoms with Crippen molar-refractivity contribution in [2.75, 3.05) is 14.2 Å². The molecule has 0 atom stereocenters. The van der Waals surface area contributed by atoms with E-state index < -0.39 is 0 Å². The lowest BCUT2D eigenvalue weighted by atomic mass is 10.1. The molecule has 0 unspecified atom stereocenters. The zero-order chi connectivity index (χ0) is 20.0. The number of H-pyrrole nitrogens is 1. The first-order valence-corrected chi connectivity index (χ1v) is 9.04. The van der Waals surface area contributed by atoms with Gasteiger partial charge in [0, 0.05) is 23.6 Å². The van der Waals surface area contributed by atoms with Crippen LogP contribution in [-0.4, -0.2) is 44.2 Å². The van der Waals surface area contributed by atoms with E-state index in [1.165, 1.54) is 0 Å². The summed E-state index contributed by atoms with van der Waals surface area (Å²) in [7, 11) is 5.10. The first kappa shape index (κ1) is 17.2. The van der Waals surface area contributed by atoms with E-state index in [4.69, 9.17) is 19.4 Å². The van der Waals surface area contributed by atoms with Crippen molar-refractivity contribution >= 4 is 21.9 Å². The minimum absolute atomic E-state index is 0.609. The van der Waals surface area contributed by atoms with Crippen molar-refractivity contribution in [1.82, 2.24) is 29.9 Å². The third kappa shape index (κ3) is 2.68. The molecule has 0 fully saturated rings. The molecule has 144 valence electrons. The Morgan fingerprint density at radius 1 is 0.931 bits per heavy atom. The number of ether oxygens (including phenoxy) is 2. The standard InChI is InChI=1S/C21H18N6O2/c1-27-21-15(11-23-27)19(12-7-8-17(28-2)18(9-12)29-3)24-20(25-21)13-5-4-6-16-14(13)10-22-26-16/h4-11H,1-3H3,(H,22,26). The molecule has 3 aromatic heterocycles. The molecule has 0 bridgehead atoms. The van der Waals surface area contributed by atoms with E-state index in [9.17, 15) is 0 Å². The van der Waals surface area contributed by atoms with Crippen LogP contribution in [0.4, 0.5) is 0 Å². The van der Waals surface area contributed by atoms with Gasteiger partial charge in [0.1, 0.15) is 0 Å². The largest absolute Gasteiger partial charge is 0.493 e. The molecule has 0 aliphatic carbocycles. The highest BCUT2D eigenvalue weighted by Crippen LogP contribution is 2.35. The Morgan fingerprint density at radius 3 is 2.62 bits per heavy atom. The maximum atomic E-state index is 5.48. The molecule has 0 radical (unpaired) electrons. The van der Waals surface area contributed by atoms with Crippen LogP contribution in [0.2, 0.25) is 0 Å². The number of nitrogens with one attached hydrogen (secondary N) is 1. The van der Waals surface area contributed by atoms with E-state index in [1.54, 1.807) is 31.3 Å². The normalized spacial score (nSPS) is 11.3. The van der Waals surface area contributed by atoms with Gasteiger partial charge in [-0.15, -0.1) is 0 Å². The number of aryl methyl sites for hydroxylation is 1. The quantitative estimate of drug-likeness (QED) is 0.508. The van der Waals surface area contributed by atoms with E-state index in [-0.39, 0.29) is 0 Å². The second-order valence-corrected chi connectivity index (χ2v) is 6.61. The van der Waals surface area contributed by atoms with Crippen LogP contribution in [0, 0.1) is 0 Å². The number of aromatic nitrogens is 6. The van der Waals surface area contributed by atoms with E-state index in [1.807, 2.05) is 43.4 Å². The van der Waals surface area contributed by atoms with E-state index in [0.717, 1.165) is 38.8 Å². The number of hydrogen-bond acceptors (Lipinski definition) is 6. The van der Waals surface area contributed by atoms with Crippen molar-refractivity contribution in [3.8, 4) is 34.1 Å². The Hall–Kier alpha value is -3.94. The van der Waals surface area contributed by atoms with Crippen LogP contribution in [0.3, 0.4) is 0 Å². The van der Waals surface area contributed by atoms with Crippen LogP contribution in [0.15, 0.2) is 48.8 Å². The van der Waals surface area contributed by atoms with Gasteiger partial charge in [0.05, 0.1) is 43.2 Å². The summed E-state index contributed by atoms with van der Waals surface area (Å²) in [5, 5.41) is 13.4. The maximum absolute atomic E-state index is 5.48. The number of aromatic amines is 1. The first-order chi connectivity index (χ1) is 14.2. The summed E-state index contributed by atoms with van der Waals surface area (Å²) in [6.07, 6.45) is 3.57. The molecule has 5 aromatic rings. The Morgan fingerprint density at radius 2 is 1.79 bits per heavy atom. The molecule has 0 saturated heterocycles. The monoisotopic (exact) mass is 386 g/mol. The topological polar surface area (TPSA) is 90.7 Å². The van der Waals surface area contributed by atoms with Crippen molar-refractivity contribution in [2.45, 2.75) is 0 Å². The third-order valence-corrected chi connectivity index (χ3v) is 4.97. The molecule has 0 spiro atoms. The maximum Gasteiger partial charge on any atom is 0.163 e. The van der Waals surface area contributed by atoms with E-state index in [2.05, 4.69) is 15.3 Å². The second kappa shape index (κ2) is 6.59. The SMILES string of the molecule is COc1ccc(-c2nc(-c3cccc4[nH]ncc34)nc3c2cnn3C)cc1OC. The predicted molar refractivity (Wildman–Crippen MR) is 110 cm³/mol. The minimum atomic E-state index is 0.609. The average molecular weight is 386 g/mol. The molecule has 0 aliphatic rings. The van der Waals surface area contributed by atoms with E-state index in [0.29, 0.717) is 17.3 Å². The van der Waals surface area contributed by atoms with Crippen LogP contribution < -0.4 is 9.47 Å². The molecule has 1 N–H and O–H groups in total. The molecule has 0 saturated carbocycles. The lowest BCUT2D eigenvalue weighted by molar-refractivity contribution is 0.355. The fraction of sp³-hybridized carbons (Fsp3) is 0.143. The molecule has 8 heteroatoms. The molecule has 29 heavy (non-hydrogen) atoms. The molecule has 0 aliphatic heterocycles. The van der Waals surface area contributed by atoms with Crippen LogP contribution in [0.25, 0.3) is 44.6 Å². The van der Waals surface area contributed by atoms with Gasteiger partial charge in [-0.25, -0.2) is 9.97 Å². The van der Waals surface area contributed by atoms with Gasteiger partial charge < -0.3 is 9.47 Å². The molecular formula is C21H18N6O2. The van der Waals surface area contributed by atoms with Crippen molar-refractivity contribution in [3.63, 3.8) is 0 Å². The van der Waals surface area contributed by atoms with Gasteiger partial charge in [-0.05, 0) is 24.3 Å². The summed E-state index contributed by atoms with van der Waals surface area (Å²) >= 11 is 0. The van der Waals surface area contributed by atoms with Crippen LogP contribution in [0.1, 0.15) is 0 Å². The van der Waals surface area contributed by atoms with Gasteiger partial charge in [0.15, 0.2) is 23.0 Å². The first-order valence-electron chi connectivity index (χ1n) is 9.04. The second-order valence-electron chi connectivity index (χ2n) is 6.61. The average Bonchev–Trinajstić information content (AvgIpc) is 3.39. The molecule has 2 aromatic carbocycles. The summed E-state index contributed by atoms with van der Waals surface area (Å²) in [4.78, 5) is 9.70. The minimum Gasteiger partial charge on any atom is -0.493 e. The molecule has 8 nitrogen and oxygen atoms in total. The summed E-state index contributed by atoms with van der Waals surface area (Å²) in [5.74, 6) is 1.91. The van der Waals surface area contributed by atoms with Crippen molar-refractivity contribution in [2.24, 2.45) is 7.05 Å². The highest BCUT2D eigenvalue weighted by Gasteiger charge is 2.17. The van der Waals surface area contributed by atoms with Crippen LogP contribution in [-0.2, 0) is 7.05 Å². The van der Waals surface area contributed by atoms with Gasteiger partial charge in [-0.2, -0.15) is 10.2 Å². The van der Waals surface area contributed by atoms with Crippen LogP contribution in [0.5, 0.6) is 11.5 Å². The smallest absolute Gasteiger partial charge is 0.163 e. The number of fused-ring (bicyclic) bond motifs is 2. The summed E-state index contributed by atoms with van der Waals surface area (Å²) < 4.78 is 12.6. The summed E-state index contributed by atoms with van der Waals surface area (Å²) in [5.41, 5.74) is 4.26. The number of methoxy groups -OCH3 is 2. The van der Waals surface area contributed by atoms with Gasteiger partial charge in [0.2, 0.25) is 0 Å². The van der Waals surface area contributed by atoms with Gasteiger partial charge >= 0.3 is 0 Å². The lowest BCUT2D eigenvalue weighted by Gasteiger charge is -2.11. The van der Waals surface area contributed by atoms with Crippen molar-refractivity contribution in [1.29, 1.82) is 0 Å². The van der Waals surface area contributed by atoms with Gasteiger partial charge in [-0.1, -0.05) is 12.1 Å². The fourth-order valence-electron chi connectivity index (χ4n) is 3.51. The Kier molecular flexibility index (Phi) is 3.90. The lowest BCUT2D eigenvalue weighted by Crippen LogP contribution is -1.99. The number of hydrogen-bond donors (Lipinski definition) is 1. The molecule has 0 amide bonds. The highest BCUT2D eigenvalue weighted by molar-refractivity contribution is 5.96.